The van der Waals surface area contributed by atoms with Crippen LogP contribution in [0.5, 0.6) is 0 Å². The number of rotatable bonds is 4. The molecular weight excluding hydrogens is 264 g/mol. The molecule has 1 aliphatic carbocycles. The molecule has 0 saturated heterocycles. The van der Waals surface area contributed by atoms with Crippen molar-refractivity contribution in [2.75, 3.05) is 5.73 Å². The molecule has 3 atom stereocenters. The van der Waals surface area contributed by atoms with E-state index in [-0.39, 0.29) is 18.6 Å². The minimum absolute atomic E-state index is 0.0480. The molecule has 1 saturated carbocycles. The Morgan fingerprint density at radius 3 is 2.86 bits per heavy atom. The van der Waals surface area contributed by atoms with Gasteiger partial charge in [-0.2, -0.15) is 0 Å². The fourth-order valence-electron chi connectivity index (χ4n) is 3.23. The fraction of sp³-hybridized carbons (Fsp3) is 0.647. The molecule has 1 fully saturated rings. The molecule has 0 aliphatic heterocycles. The zero-order valence-electron chi connectivity index (χ0n) is 13.3. The van der Waals surface area contributed by atoms with Crippen LogP contribution in [0.3, 0.4) is 0 Å². The molecule has 0 aromatic carbocycles. The number of carbonyl (C=O) groups is 1. The van der Waals surface area contributed by atoms with Gasteiger partial charge in [-0.1, -0.05) is 33.3 Å². The summed E-state index contributed by atoms with van der Waals surface area (Å²) in [6, 6.07) is 5.50. The first kappa shape index (κ1) is 15.8. The first-order valence-corrected chi connectivity index (χ1v) is 7.90. The molecule has 0 unspecified atom stereocenters. The summed E-state index contributed by atoms with van der Waals surface area (Å²) in [5, 5.41) is 0. The number of hydrogen-bond acceptors (Lipinski definition) is 3. The fourth-order valence-corrected chi connectivity index (χ4v) is 3.23. The number of nitrogen functional groups attached to an aromatic ring is 1. The highest BCUT2D eigenvalue weighted by Gasteiger charge is 2.33. The molecule has 21 heavy (non-hydrogen) atoms. The normalized spacial score (nSPS) is 25.8. The number of hydrogen-bond donors (Lipinski definition) is 1. The Bertz CT molecular complexity index is 487. The van der Waals surface area contributed by atoms with Crippen LogP contribution < -0.4 is 10.3 Å². The summed E-state index contributed by atoms with van der Waals surface area (Å²) in [5.41, 5.74) is 5.85. The average Bonchev–Trinajstić information content (AvgIpc) is 2.41. The minimum atomic E-state index is -0.192. The van der Waals surface area contributed by atoms with Crippen molar-refractivity contribution in [3.63, 3.8) is 0 Å². The van der Waals surface area contributed by atoms with Crippen LogP contribution in [-0.4, -0.2) is 12.1 Å². The van der Waals surface area contributed by atoms with Gasteiger partial charge >= 0.3 is 5.97 Å². The Balaban J connectivity index is 1.98. The molecule has 1 heterocycles. The first-order valence-electron chi connectivity index (χ1n) is 7.90. The molecule has 2 rings (SSSR count). The minimum Gasteiger partial charge on any atom is -0.459 e. The second kappa shape index (κ2) is 6.92. The van der Waals surface area contributed by atoms with E-state index in [9.17, 15) is 4.79 Å². The van der Waals surface area contributed by atoms with Crippen molar-refractivity contribution in [3.8, 4) is 0 Å². The van der Waals surface area contributed by atoms with Crippen LogP contribution in [0.15, 0.2) is 24.4 Å². The van der Waals surface area contributed by atoms with Gasteiger partial charge in [0.25, 0.3) is 5.82 Å². The van der Waals surface area contributed by atoms with E-state index >= 15 is 0 Å². The largest absolute Gasteiger partial charge is 0.459 e. The third-order valence-corrected chi connectivity index (χ3v) is 4.52. The van der Waals surface area contributed by atoms with Crippen LogP contribution in [0.25, 0.3) is 0 Å². The van der Waals surface area contributed by atoms with Gasteiger partial charge in [0.1, 0.15) is 6.10 Å². The van der Waals surface area contributed by atoms with Crippen LogP contribution in [0.2, 0.25) is 0 Å². The number of ether oxygens (including phenoxy) is 1. The van der Waals surface area contributed by atoms with Gasteiger partial charge in [0.2, 0.25) is 0 Å². The predicted octanol–water partition coefficient (Wildman–Crippen LogP) is 2.56. The van der Waals surface area contributed by atoms with Crippen molar-refractivity contribution in [2.45, 2.75) is 52.7 Å². The summed E-state index contributed by atoms with van der Waals surface area (Å²) in [7, 11) is 0. The van der Waals surface area contributed by atoms with Crippen LogP contribution in [0.4, 0.5) is 5.82 Å². The Morgan fingerprint density at radius 1 is 1.43 bits per heavy atom. The van der Waals surface area contributed by atoms with Crippen LogP contribution in [0.1, 0.15) is 40.0 Å². The van der Waals surface area contributed by atoms with Gasteiger partial charge in [-0.15, -0.1) is 0 Å². The number of pyridine rings is 1. The van der Waals surface area contributed by atoms with E-state index in [1.807, 2.05) is 12.1 Å². The third-order valence-electron chi connectivity index (χ3n) is 4.52. The SMILES string of the molecule is CC(C)[C@@H]1CC[C@@H](C)C[C@H]1OC(=O)C[n+]1ccccc1N. The van der Waals surface area contributed by atoms with Crippen molar-refractivity contribution in [1.82, 2.24) is 0 Å². The molecule has 2 N–H and O–H groups in total. The lowest BCUT2D eigenvalue weighted by atomic mass is 9.75. The van der Waals surface area contributed by atoms with Gasteiger partial charge in [-0.05, 0) is 36.7 Å². The second-order valence-corrected chi connectivity index (χ2v) is 6.61. The Hall–Kier alpha value is -1.58. The molecule has 0 bridgehead atoms. The maximum absolute atomic E-state index is 12.2. The summed E-state index contributed by atoms with van der Waals surface area (Å²) < 4.78 is 7.50. The van der Waals surface area contributed by atoms with Crippen molar-refractivity contribution in [1.29, 1.82) is 0 Å². The van der Waals surface area contributed by atoms with Gasteiger partial charge in [-0.25, -0.2) is 9.36 Å². The zero-order chi connectivity index (χ0) is 15.4. The topological polar surface area (TPSA) is 56.2 Å². The molecule has 116 valence electrons. The van der Waals surface area contributed by atoms with Crippen LogP contribution in [0, 0.1) is 17.8 Å². The summed E-state index contributed by atoms with van der Waals surface area (Å²) >= 11 is 0. The molecule has 4 heteroatoms. The van der Waals surface area contributed by atoms with Crippen molar-refractivity contribution < 1.29 is 14.1 Å². The molecule has 0 radical (unpaired) electrons. The average molecular weight is 291 g/mol. The monoisotopic (exact) mass is 291 g/mol. The lowest BCUT2D eigenvalue weighted by Crippen LogP contribution is -2.43. The van der Waals surface area contributed by atoms with Gasteiger partial charge in [0, 0.05) is 6.07 Å². The van der Waals surface area contributed by atoms with E-state index in [1.165, 1.54) is 6.42 Å². The Morgan fingerprint density at radius 2 is 2.19 bits per heavy atom. The van der Waals surface area contributed by atoms with E-state index in [1.54, 1.807) is 16.8 Å². The van der Waals surface area contributed by atoms with Gasteiger partial charge in [0.15, 0.2) is 6.54 Å². The highest BCUT2D eigenvalue weighted by molar-refractivity contribution is 5.68. The van der Waals surface area contributed by atoms with Gasteiger partial charge in [0.05, 0.1) is 6.20 Å². The summed E-state index contributed by atoms with van der Waals surface area (Å²) in [6.07, 6.45) is 5.21. The van der Waals surface area contributed by atoms with Gasteiger partial charge in [-0.3, -0.25) is 5.73 Å². The molecule has 1 aliphatic rings. The molecule has 1 aromatic heterocycles. The van der Waals surface area contributed by atoms with E-state index in [4.69, 9.17) is 10.5 Å². The smallest absolute Gasteiger partial charge is 0.348 e. The lowest BCUT2D eigenvalue weighted by Gasteiger charge is -2.36. The van der Waals surface area contributed by atoms with E-state index < -0.39 is 0 Å². The molecule has 0 spiro atoms. The number of nitrogens with zero attached hydrogens (tertiary/aromatic N) is 1. The zero-order valence-corrected chi connectivity index (χ0v) is 13.3. The maximum atomic E-state index is 12.2. The number of nitrogens with two attached hydrogens (primary N) is 1. The lowest BCUT2D eigenvalue weighted by molar-refractivity contribution is -0.671. The third kappa shape index (κ3) is 4.19. The summed E-state index contributed by atoms with van der Waals surface area (Å²) in [4.78, 5) is 12.2. The Labute approximate surface area is 127 Å². The highest BCUT2D eigenvalue weighted by atomic mass is 16.5. The first-order chi connectivity index (χ1) is 9.97. The van der Waals surface area contributed by atoms with Crippen molar-refractivity contribution >= 4 is 11.8 Å². The van der Waals surface area contributed by atoms with Crippen molar-refractivity contribution in [3.05, 3.63) is 24.4 Å². The Kier molecular flexibility index (Phi) is 5.21. The van der Waals surface area contributed by atoms with Crippen LogP contribution >= 0.6 is 0 Å². The molecular formula is C17H27N2O2+. The van der Waals surface area contributed by atoms with E-state index in [0.717, 1.165) is 12.8 Å². The highest BCUT2D eigenvalue weighted by Crippen LogP contribution is 2.35. The second-order valence-electron chi connectivity index (χ2n) is 6.61. The predicted molar refractivity (Wildman–Crippen MR) is 82.3 cm³/mol. The maximum Gasteiger partial charge on any atom is 0.348 e. The van der Waals surface area contributed by atoms with E-state index in [0.29, 0.717) is 23.6 Å². The summed E-state index contributed by atoms with van der Waals surface area (Å²) in [5.74, 6) is 2.04. The summed E-state index contributed by atoms with van der Waals surface area (Å²) in [6.45, 7) is 6.85. The van der Waals surface area contributed by atoms with E-state index in [2.05, 4.69) is 20.8 Å². The molecule has 1 aromatic rings. The standard InChI is InChI=1S/C17H26N2O2/c1-12(2)14-8-7-13(3)10-15(14)21-17(20)11-19-9-5-4-6-16(19)18/h4-6,9,12-15,18H,7-8,10-11H2,1-3H3/p+1/t13-,14+,15-/m1/s1. The van der Waals surface area contributed by atoms with Crippen molar-refractivity contribution in [2.24, 2.45) is 17.8 Å². The van der Waals surface area contributed by atoms with Gasteiger partial charge < -0.3 is 4.74 Å². The number of carbonyl (C=O) groups excluding carboxylic acids is 1. The number of aromatic nitrogens is 1. The molecule has 0 amide bonds. The van der Waals surface area contributed by atoms with Crippen LogP contribution in [-0.2, 0) is 16.1 Å². The molecule has 4 nitrogen and oxygen atoms in total. The number of anilines is 1. The quantitative estimate of drug-likeness (QED) is 0.685. The number of esters is 1.